The number of amides is 3. The molecule has 2 aromatic carbocycles. The van der Waals surface area contributed by atoms with Crippen LogP contribution in [0.5, 0.6) is 11.5 Å². The van der Waals surface area contributed by atoms with Gasteiger partial charge in [-0.25, -0.2) is 0 Å². The van der Waals surface area contributed by atoms with Gasteiger partial charge in [0.1, 0.15) is 23.1 Å². The first-order valence-corrected chi connectivity index (χ1v) is 17.9. The Balaban J connectivity index is 0.896. The second kappa shape index (κ2) is 15.2. The molecule has 14 heteroatoms. The molecule has 274 valence electrons. The molecular formula is C38H46N8O6. The lowest BCUT2D eigenvalue weighted by Crippen LogP contribution is -2.47. The van der Waals surface area contributed by atoms with E-state index in [2.05, 4.69) is 48.1 Å². The molecule has 0 radical (unpaired) electrons. The molecule has 3 aliphatic heterocycles. The molecule has 5 heterocycles. The van der Waals surface area contributed by atoms with Gasteiger partial charge in [-0.05, 0) is 80.1 Å². The molecule has 3 amide bonds. The Bertz CT molecular complexity index is 1990. The molecule has 0 aliphatic carbocycles. The van der Waals surface area contributed by atoms with E-state index in [1.807, 2.05) is 24.3 Å². The maximum Gasteiger partial charge on any atom is 0.276 e. The summed E-state index contributed by atoms with van der Waals surface area (Å²) < 4.78 is 13.3. The van der Waals surface area contributed by atoms with Crippen LogP contribution in [0.1, 0.15) is 49.1 Å². The van der Waals surface area contributed by atoms with Crippen LogP contribution in [0, 0.1) is 0 Å². The largest absolute Gasteiger partial charge is 0.496 e. The van der Waals surface area contributed by atoms with E-state index in [0.717, 1.165) is 73.2 Å². The lowest BCUT2D eigenvalue weighted by molar-refractivity contribution is -0.133. The van der Waals surface area contributed by atoms with E-state index in [-0.39, 0.29) is 29.3 Å². The van der Waals surface area contributed by atoms with Gasteiger partial charge in [0.05, 0.1) is 32.5 Å². The van der Waals surface area contributed by atoms with Crippen LogP contribution in [0.4, 0.5) is 5.69 Å². The number of hydrogen-bond acceptors (Lipinski definition) is 10. The van der Waals surface area contributed by atoms with Crippen molar-refractivity contribution in [3.8, 4) is 22.6 Å². The minimum Gasteiger partial charge on any atom is -0.496 e. The quantitative estimate of drug-likeness (QED) is 0.170. The second-order valence-corrected chi connectivity index (χ2v) is 14.1. The van der Waals surface area contributed by atoms with Crippen LogP contribution in [0.25, 0.3) is 22.0 Å². The van der Waals surface area contributed by atoms with Crippen LogP contribution >= 0.6 is 0 Å². The molecule has 52 heavy (non-hydrogen) atoms. The zero-order valence-electron chi connectivity index (χ0n) is 29.9. The Kier molecular flexibility index (Phi) is 10.3. The number of rotatable bonds is 11. The van der Waals surface area contributed by atoms with E-state index in [4.69, 9.17) is 9.47 Å². The Hall–Kier alpha value is -5.21. The molecule has 0 saturated carbocycles. The number of nitrogens with one attached hydrogen (secondary N) is 4. The van der Waals surface area contributed by atoms with Gasteiger partial charge in [0.15, 0.2) is 0 Å². The highest BCUT2D eigenvalue weighted by molar-refractivity contribution is 6.01. The molecule has 3 saturated heterocycles. The molecular weight excluding hydrogens is 664 g/mol. The third-order valence-corrected chi connectivity index (χ3v) is 10.6. The Morgan fingerprint density at radius 3 is 2.37 bits per heavy atom. The highest BCUT2D eigenvalue weighted by Gasteiger charge is 2.29. The summed E-state index contributed by atoms with van der Waals surface area (Å²) in [6.07, 6.45) is 7.11. The molecule has 3 aliphatic rings. The molecule has 3 fully saturated rings. The molecule has 0 spiro atoms. The number of carbonyl (C=O) groups excluding carboxylic acids is 3. The van der Waals surface area contributed by atoms with Gasteiger partial charge in [-0.1, -0.05) is 12.1 Å². The predicted octanol–water partition coefficient (Wildman–Crippen LogP) is 2.73. The number of imide groups is 1. The van der Waals surface area contributed by atoms with Crippen molar-refractivity contribution >= 4 is 34.3 Å². The summed E-state index contributed by atoms with van der Waals surface area (Å²) in [5.41, 5.74) is 5.05. The first-order valence-electron chi connectivity index (χ1n) is 17.9. The van der Waals surface area contributed by atoms with E-state index in [1.54, 1.807) is 33.7 Å². The number of benzene rings is 2. The average molecular weight is 711 g/mol. The topological polar surface area (TPSA) is 163 Å². The monoisotopic (exact) mass is 710 g/mol. The fourth-order valence-electron chi connectivity index (χ4n) is 7.78. The van der Waals surface area contributed by atoms with Crippen molar-refractivity contribution in [1.82, 2.24) is 35.2 Å². The number of methoxy groups -OCH3 is 2. The molecule has 7 rings (SSSR count). The number of aromatic nitrogens is 3. The maximum absolute atomic E-state index is 13.1. The molecule has 1 unspecified atom stereocenters. The standard InChI is InChI=1S/C38H46N8O6/c1-44-20-29(28-18-39-43-36(28)38(44)50)25-16-32(51-2)30(33(17-25)52-3)21-46-15-12-27(19-46)41-35(48)22-45-13-10-24(11-14-45)23-4-6-26(7-5-23)40-31-8-9-34(47)42-37(31)49/h4-7,16-18,20,24,27,31,40H,8-15,19,21-22H2,1-3H3,(H,39,43)(H,41,48)(H,42,47,49)/t27-,31?/m0/s1. The Labute approximate surface area is 301 Å². The van der Waals surface area contributed by atoms with Crippen LogP contribution in [0.3, 0.4) is 0 Å². The maximum atomic E-state index is 13.1. The van der Waals surface area contributed by atoms with Crippen molar-refractivity contribution in [3.05, 3.63) is 70.3 Å². The number of H-pyrrole nitrogens is 1. The van der Waals surface area contributed by atoms with Crippen molar-refractivity contribution in [2.45, 2.75) is 56.7 Å². The third-order valence-electron chi connectivity index (χ3n) is 10.6. The number of carbonyl (C=O) groups is 3. The van der Waals surface area contributed by atoms with E-state index < -0.39 is 6.04 Å². The third kappa shape index (κ3) is 7.53. The van der Waals surface area contributed by atoms with Crippen LogP contribution in [0.2, 0.25) is 0 Å². The summed E-state index contributed by atoms with van der Waals surface area (Å²) >= 11 is 0. The lowest BCUT2D eigenvalue weighted by atomic mass is 9.89. The van der Waals surface area contributed by atoms with E-state index in [1.165, 1.54) is 10.1 Å². The lowest BCUT2D eigenvalue weighted by Gasteiger charge is -2.32. The van der Waals surface area contributed by atoms with Gasteiger partial charge in [0.2, 0.25) is 17.7 Å². The van der Waals surface area contributed by atoms with Crippen molar-refractivity contribution in [2.75, 3.05) is 52.3 Å². The number of fused-ring (bicyclic) bond motifs is 1. The van der Waals surface area contributed by atoms with Crippen LogP contribution < -0.4 is 31.0 Å². The first-order chi connectivity index (χ1) is 25.2. The van der Waals surface area contributed by atoms with Gasteiger partial charge < -0.3 is 24.7 Å². The first kappa shape index (κ1) is 35.2. The van der Waals surface area contributed by atoms with Gasteiger partial charge in [0, 0.05) is 62.0 Å². The van der Waals surface area contributed by atoms with Crippen molar-refractivity contribution in [3.63, 3.8) is 0 Å². The molecule has 2 atom stereocenters. The number of hydrogen-bond donors (Lipinski definition) is 4. The normalized spacial score (nSPS) is 20.2. The molecule has 4 aromatic rings. The molecule has 0 bridgehead atoms. The number of likely N-dealkylation sites (tertiary alicyclic amines) is 2. The van der Waals surface area contributed by atoms with Crippen molar-refractivity contribution in [2.24, 2.45) is 7.05 Å². The van der Waals surface area contributed by atoms with Crippen molar-refractivity contribution in [1.29, 1.82) is 0 Å². The average Bonchev–Trinajstić information content (AvgIpc) is 3.82. The van der Waals surface area contributed by atoms with Crippen LogP contribution in [-0.4, -0.2) is 101 Å². The Morgan fingerprint density at radius 1 is 0.962 bits per heavy atom. The zero-order valence-corrected chi connectivity index (χ0v) is 29.9. The summed E-state index contributed by atoms with van der Waals surface area (Å²) in [6.45, 7) is 4.26. The fourth-order valence-corrected chi connectivity index (χ4v) is 7.78. The van der Waals surface area contributed by atoms with Gasteiger partial charge in [-0.15, -0.1) is 0 Å². The highest BCUT2D eigenvalue weighted by Crippen LogP contribution is 2.38. The molecule has 2 aromatic heterocycles. The summed E-state index contributed by atoms with van der Waals surface area (Å²) in [7, 11) is 5.01. The number of ether oxygens (including phenoxy) is 2. The van der Waals surface area contributed by atoms with Gasteiger partial charge in [-0.3, -0.25) is 39.4 Å². The minimum atomic E-state index is -0.398. The zero-order chi connectivity index (χ0) is 36.4. The minimum absolute atomic E-state index is 0.0523. The smallest absolute Gasteiger partial charge is 0.276 e. The van der Waals surface area contributed by atoms with Gasteiger partial charge in [-0.2, -0.15) is 5.10 Å². The van der Waals surface area contributed by atoms with Crippen LogP contribution in [0.15, 0.2) is 53.6 Å². The molecule has 4 N–H and O–H groups in total. The number of anilines is 1. The van der Waals surface area contributed by atoms with E-state index in [0.29, 0.717) is 48.9 Å². The summed E-state index contributed by atoms with van der Waals surface area (Å²) in [4.78, 5) is 53.8. The number of nitrogens with zero attached hydrogens (tertiary/aromatic N) is 4. The van der Waals surface area contributed by atoms with E-state index >= 15 is 0 Å². The SMILES string of the molecule is COc1cc(-c2cn(C)c(=O)c3[nH]ncc23)cc(OC)c1CN1CC[C@H](NC(=O)CN2CCC(c3ccc(NC4CCC(=O)NC4=O)cc3)CC2)C1. The number of aryl methyl sites for hydroxylation is 1. The summed E-state index contributed by atoms with van der Waals surface area (Å²) in [5, 5.41) is 16.5. The van der Waals surface area contributed by atoms with Gasteiger partial charge in [0.25, 0.3) is 5.56 Å². The number of aromatic amines is 1. The second-order valence-electron chi connectivity index (χ2n) is 14.1. The summed E-state index contributed by atoms with van der Waals surface area (Å²) in [6, 6.07) is 11.8. The van der Waals surface area contributed by atoms with Gasteiger partial charge >= 0.3 is 0 Å². The number of piperidine rings is 2. The Morgan fingerprint density at radius 2 is 1.67 bits per heavy atom. The predicted molar refractivity (Wildman–Crippen MR) is 196 cm³/mol. The van der Waals surface area contributed by atoms with E-state index in [9.17, 15) is 19.2 Å². The number of pyridine rings is 1. The molecule has 14 nitrogen and oxygen atoms in total. The van der Waals surface area contributed by atoms with Crippen LogP contribution in [-0.2, 0) is 28.0 Å². The summed E-state index contributed by atoms with van der Waals surface area (Å²) in [5.74, 6) is 1.36. The highest BCUT2D eigenvalue weighted by atomic mass is 16.5. The van der Waals surface area contributed by atoms with Crippen molar-refractivity contribution < 1.29 is 23.9 Å². The fraction of sp³-hybridized carbons (Fsp3) is 0.447.